The Hall–Kier alpha value is -1.46. The molecule has 0 aromatic carbocycles. The van der Waals surface area contributed by atoms with Gasteiger partial charge in [-0.05, 0) is 30.4 Å². The number of amides is 1. The molecular formula is C17H24N2O3. The van der Waals surface area contributed by atoms with Gasteiger partial charge >= 0.3 is 0 Å². The first-order chi connectivity index (χ1) is 10.7. The lowest BCUT2D eigenvalue weighted by Crippen LogP contribution is -2.47. The van der Waals surface area contributed by atoms with E-state index in [1.54, 1.807) is 24.5 Å². The number of nitrogens with zero attached hydrogens (tertiary/aromatic N) is 1. The zero-order valence-electron chi connectivity index (χ0n) is 12.7. The maximum absolute atomic E-state index is 12.3. The van der Waals surface area contributed by atoms with Crippen molar-refractivity contribution in [3.63, 3.8) is 0 Å². The molecule has 22 heavy (non-hydrogen) atoms. The minimum atomic E-state index is -0.877. The summed E-state index contributed by atoms with van der Waals surface area (Å²) in [7, 11) is 0. The van der Waals surface area contributed by atoms with Crippen molar-refractivity contribution >= 4 is 5.91 Å². The molecular weight excluding hydrogens is 280 g/mol. The fraction of sp³-hybridized carbons (Fsp3) is 0.647. The van der Waals surface area contributed by atoms with Crippen molar-refractivity contribution in [1.82, 2.24) is 10.3 Å². The van der Waals surface area contributed by atoms with Gasteiger partial charge in [0.2, 0.25) is 0 Å². The van der Waals surface area contributed by atoms with Crippen molar-refractivity contribution in [2.75, 3.05) is 0 Å². The van der Waals surface area contributed by atoms with Crippen LogP contribution in [0.5, 0.6) is 0 Å². The molecule has 2 fully saturated rings. The third-order valence-corrected chi connectivity index (χ3v) is 5.23. The van der Waals surface area contributed by atoms with Crippen LogP contribution in [0.3, 0.4) is 0 Å². The molecule has 5 nitrogen and oxygen atoms in total. The van der Waals surface area contributed by atoms with Crippen LogP contribution in [-0.2, 0) is 0 Å². The van der Waals surface area contributed by atoms with E-state index in [0.717, 1.165) is 12.8 Å². The highest BCUT2D eigenvalue weighted by atomic mass is 16.3. The Morgan fingerprint density at radius 2 is 1.82 bits per heavy atom. The molecule has 1 aromatic heterocycles. The number of nitrogens with one attached hydrogen (secondary N) is 1. The average molecular weight is 304 g/mol. The molecule has 2 saturated carbocycles. The Morgan fingerprint density at radius 1 is 1.14 bits per heavy atom. The molecule has 1 heterocycles. The summed E-state index contributed by atoms with van der Waals surface area (Å²) >= 11 is 0. The Labute approximate surface area is 130 Å². The summed E-state index contributed by atoms with van der Waals surface area (Å²) in [6.45, 7) is 0. The Bertz CT molecular complexity index is 502. The van der Waals surface area contributed by atoms with Gasteiger partial charge in [-0.1, -0.05) is 32.1 Å². The number of aliphatic hydroxyl groups is 2. The Morgan fingerprint density at radius 3 is 2.50 bits per heavy atom. The zero-order valence-corrected chi connectivity index (χ0v) is 12.7. The van der Waals surface area contributed by atoms with E-state index in [2.05, 4.69) is 10.3 Å². The largest absolute Gasteiger partial charge is 0.390 e. The first kappa shape index (κ1) is 15.4. The third-order valence-electron chi connectivity index (χ3n) is 5.23. The van der Waals surface area contributed by atoms with Crippen molar-refractivity contribution in [1.29, 1.82) is 0 Å². The zero-order chi connectivity index (χ0) is 15.5. The van der Waals surface area contributed by atoms with Crippen LogP contribution < -0.4 is 5.32 Å². The molecule has 1 amide bonds. The summed E-state index contributed by atoms with van der Waals surface area (Å²) < 4.78 is 0. The molecule has 3 N–H and O–H groups in total. The summed E-state index contributed by atoms with van der Waals surface area (Å²) in [6, 6.07) is 2.95. The van der Waals surface area contributed by atoms with Gasteiger partial charge in [0.05, 0.1) is 12.1 Å². The lowest BCUT2D eigenvalue weighted by atomic mass is 9.77. The summed E-state index contributed by atoms with van der Waals surface area (Å²) in [4.78, 5) is 16.3. The second kappa shape index (κ2) is 6.75. The summed E-state index contributed by atoms with van der Waals surface area (Å²) in [5, 5.41) is 23.3. The van der Waals surface area contributed by atoms with Crippen LogP contribution in [-0.4, -0.2) is 39.4 Å². The molecule has 4 atom stereocenters. The standard InChI is InChI=1S/C17H24N2O3/c20-14-10-13(11-4-2-1-3-5-11)15(16(14)21)19-17(22)12-6-8-18-9-7-12/h6-9,11,13-16,20-21H,1-5,10H2,(H,19,22)/t13-,14-,15-,16-/m1/s1. The maximum atomic E-state index is 12.3. The van der Waals surface area contributed by atoms with Gasteiger partial charge < -0.3 is 15.5 Å². The predicted octanol–water partition coefficient (Wildman–Crippen LogP) is 1.50. The van der Waals surface area contributed by atoms with Gasteiger partial charge in [0.1, 0.15) is 6.10 Å². The van der Waals surface area contributed by atoms with Crippen LogP contribution in [0.4, 0.5) is 0 Å². The van der Waals surface area contributed by atoms with Crippen LogP contribution in [0, 0.1) is 11.8 Å². The number of hydrogen-bond acceptors (Lipinski definition) is 4. The lowest BCUT2D eigenvalue weighted by molar-refractivity contribution is 0.0284. The van der Waals surface area contributed by atoms with Gasteiger partial charge in [-0.2, -0.15) is 0 Å². The molecule has 2 aliphatic rings. The van der Waals surface area contributed by atoms with Gasteiger partial charge in [-0.15, -0.1) is 0 Å². The quantitative estimate of drug-likeness (QED) is 0.790. The summed E-state index contributed by atoms with van der Waals surface area (Å²) in [5.41, 5.74) is 0.533. The Kier molecular flexibility index (Phi) is 4.74. The van der Waals surface area contributed by atoms with Gasteiger partial charge in [-0.25, -0.2) is 0 Å². The molecule has 0 saturated heterocycles. The number of carbonyl (C=O) groups excluding carboxylic acids is 1. The van der Waals surface area contributed by atoms with Crippen LogP contribution in [0.15, 0.2) is 24.5 Å². The highest BCUT2D eigenvalue weighted by Gasteiger charge is 2.45. The number of pyridine rings is 1. The van der Waals surface area contributed by atoms with Crippen molar-refractivity contribution in [2.24, 2.45) is 11.8 Å². The van der Waals surface area contributed by atoms with E-state index in [1.165, 1.54) is 19.3 Å². The summed E-state index contributed by atoms with van der Waals surface area (Å²) in [6.07, 6.45) is 8.05. The van der Waals surface area contributed by atoms with Crippen LogP contribution in [0.25, 0.3) is 0 Å². The smallest absolute Gasteiger partial charge is 0.251 e. The SMILES string of the molecule is O=C(N[C@H]1[C@H](O)[C@H](O)C[C@@H]1C1CCCCC1)c1ccncc1. The lowest BCUT2D eigenvalue weighted by Gasteiger charge is -2.32. The molecule has 0 unspecified atom stereocenters. The van der Waals surface area contributed by atoms with E-state index in [-0.39, 0.29) is 17.9 Å². The predicted molar refractivity (Wildman–Crippen MR) is 82.2 cm³/mol. The van der Waals surface area contributed by atoms with Crippen molar-refractivity contribution < 1.29 is 15.0 Å². The van der Waals surface area contributed by atoms with E-state index in [0.29, 0.717) is 17.9 Å². The Balaban J connectivity index is 1.72. The summed E-state index contributed by atoms with van der Waals surface area (Å²) in [5.74, 6) is 0.445. The topological polar surface area (TPSA) is 82.5 Å². The molecule has 1 aromatic rings. The molecule has 0 bridgehead atoms. The van der Waals surface area contributed by atoms with Crippen LogP contribution >= 0.6 is 0 Å². The van der Waals surface area contributed by atoms with Crippen molar-refractivity contribution in [3.05, 3.63) is 30.1 Å². The number of aliphatic hydroxyl groups excluding tert-OH is 2. The molecule has 0 spiro atoms. The van der Waals surface area contributed by atoms with E-state index >= 15 is 0 Å². The minimum absolute atomic E-state index is 0.163. The minimum Gasteiger partial charge on any atom is -0.390 e. The van der Waals surface area contributed by atoms with Crippen molar-refractivity contribution in [2.45, 2.75) is 56.8 Å². The first-order valence-corrected chi connectivity index (χ1v) is 8.24. The fourth-order valence-corrected chi connectivity index (χ4v) is 4.04. The van der Waals surface area contributed by atoms with Crippen molar-refractivity contribution in [3.8, 4) is 0 Å². The second-order valence-corrected chi connectivity index (χ2v) is 6.59. The number of rotatable bonds is 3. The van der Waals surface area contributed by atoms with E-state index in [9.17, 15) is 15.0 Å². The van der Waals surface area contributed by atoms with Crippen LogP contribution in [0.2, 0.25) is 0 Å². The van der Waals surface area contributed by atoms with Gasteiger partial charge in [0.15, 0.2) is 0 Å². The molecule has 2 aliphatic carbocycles. The maximum Gasteiger partial charge on any atom is 0.251 e. The number of hydrogen-bond donors (Lipinski definition) is 3. The van der Waals surface area contributed by atoms with Crippen LogP contribution in [0.1, 0.15) is 48.9 Å². The monoisotopic (exact) mass is 304 g/mol. The van der Waals surface area contributed by atoms with Gasteiger partial charge in [-0.3, -0.25) is 9.78 Å². The average Bonchev–Trinajstić information content (AvgIpc) is 2.85. The molecule has 0 radical (unpaired) electrons. The van der Waals surface area contributed by atoms with Gasteiger partial charge in [0.25, 0.3) is 5.91 Å². The molecule has 120 valence electrons. The van der Waals surface area contributed by atoms with Gasteiger partial charge in [0, 0.05) is 18.0 Å². The van der Waals surface area contributed by atoms with E-state index in [1.807, 2.05) is 0 Å². The highest BCUT2D eigenvalue weighted by molar-refractivity contribution is 5.94. The second-order valence-electron chi connectivity index (χ2n) is 6.59. The molecule has 5 heteroatoms. The highest BCUT2D eigenvalue weighted by Crippen LogP contribution is 2.39. The number of carbonyl (C=O) groups is 1. The molecule has 0 aliphatic heterocycles. The normalized spacial score (nSPS) is 32.8. The van der Waals surface area contributed by atoms with E-state index < -0.39 is 12.2 Å². The fourth-order valence-electron chi connectivity index (χ4n) is 4.04. The first-order valence-electron chi connectivity index (χ1n) is 8.24. The number of aromatic nitrogens is 1. The molecule has 3 rings (SSSR count). The third kappa shape index (κ3) is 3.15. The van der Waals surface area contributed by atoms with E-state index in [4.69, 9.17) is 0 Å².